The topological polar surface area (TPSA) is 34.9 Å². The van der Waals surface area contributed by atoms with Crippen molar-refractivity contribution in [3.8, 4) is 5.69 Å². The van der Waals surface area contributed by atoms with Crippen molar-refractivity contribution >= 4 is 29.5 Å². The molecule has 0 atom stereocenters. The fraction of sp³-hybridized carbons (Fsp3) is 0. The maximum atomic E-state index is 13.0. The van der Waals surface area contributed by atoms with Gasteiger partial charge in [0.05, 0.1) is 11.3 Å². The number of benzene rings is 1. The fourth-order valence-corrected chi connectivity index (χ4v) is 1.79. The molecule has 0 amide bonds. The maximum absolute atomic E-state index is 13.0. The largest absolute Gasteiger partial charge is 0.298 e. The first-order valence-corrected chi connectivity index (χ1v) is 5.04. The second kappa shape index (κ2) is 4.23. The molecule has 2 rings (SSSR count). The second-order valence-corrected chi connectivity index (χ2v) is 3.72. The third kappa shape index (κ3) is 1.81. The SMILES string of the molecule is O=Cc1c(Cl)nn(-c2cccc(F)c2)c1Cl. The molecule has 0 saturated heterocycles. The number of aldehydes is 1. The van der Waals surface area contributed by atoms with Gasteiger partial charge in [-0.1, -0.05) is 29.3 Å². The van der Waals surface area contributed by atoms with E-state index in [9.17, 15) is 9.18 Å². The second-order valence-electron chi connectivity index (χ2n) is 3.00. The molecule has 6 heteroatoms. The van der Waals surface area contributed by atoms with E-state index in [1.807, 2.05) is 0 Å². The fourth-order valence-electron chi connectivity index (χ4n) is 1.26. The molecular weight excluding hydrogens is 254 g/mol. The molecule has 0 aliphatic heterocycles. The quantitative estimate of drug-likeness (QED) is 0.776. The summed E-state index contributed by atoms with van der Waals surface area (Å²) in [5.41, 5.74) is 0.493. The van der Waals surface area contributed by atoms with Crippen molar-refractivity contribution in [3.05, 3.63) is 46.0 Å². The molecule has 1 aromatic carbocycles. The van der Waals surface area contributed by atoms with Gasteiger partial charge in [-0.3, -0.25) is 4.79 Å². The lowest BCUT2D eigenvalue weighted by molar-refractivity contribution is 0.112. The first-order chi connectivity index (χ1) is 7.63. The Kier molecular flexibility index (Phi) is 2.94. The van der Waals surface area contributed by atoms with Crippen LogP contribution in [0.15, 0.2) is 24.3 Å². The van der Waals surface area contributed by atoms with Crippen LogP contribution in [0, 0.1) is 5.82 Å². The summed E-state index contributed by atoms with van der Waals surface area (Å²) in [5, 5.41) is 3.90. The van der Waals surface area contributed by atoms with Crippen LogP contribution in [0.25, 0.3) is 5.69 Å². The van der Waals surface area contributed by atoms with Crippen LogP contribution in [-0.2, 0) is 0 Å². The van der Waals surface area contributed by atoms with Crippen molar-refractivity contribution in [3.63, 3.8) is 0 Å². The number of rotatable bonds is 2. The van der Waals surface area contributed by atoms with Crippen LogP contribution in [0.5, 0.6) is 0 Å². The van der Waals surface area contributed by atoms with E-state index in [2.05, 4.69) is 5.10 Å². The lowest BCUT2D eigenvalue weighted by atomic mass is 10.3. The van der Waals surface area contributed by atoms with Crippen molar-refractivity contribution in [1.29, 1.82) is 0 Å². The van der Waals surface area contributed by atoms with Crippen molar-refractivity contribution in [2.45, 2.75) is 0 Å². The van der Waals surface area contributed by atoms with Gasteiger partial charge in [-0.15, -0.1) is 0 Å². The van der Waals surface area contributed by atoms with E-state index < -0.39 is 5.82 Å². The Morgan fingerprint density at radius 3 is 2.69 bits per heavy atom. The van der Waals surface area contributed by atoms with E-state index in [-0.39, 0.29) is 15.9 Å². The van der Waals surface area contributed by atoms with Crippen molar-refractivity contribution in [2.75, 3.05) is 0 Å². The molecule has 0 bridgehead atoms. The minimum Gasteiger partial charge on any atom is -0.298 e. The molecule has 0 fully saturated rings. The summed E-state index contributed by atoms with van der Waals surface area (Å²) in [6.45, 7) is 0. The third-order valence-electron chi connectivity index (χ3n) is 1.99. The van der Waals surface area contributed by atoms with E-state index in [1.54, 1.807) is 6.07 Å². The van der Waals surface area contributed by atoms with Crippen LogP contribution in [0.3, 0.4) is 0 Å². The zero-order chi connectivity index (χ0) is 11.7. The number of carbonyl (C=O) groups excluding carboxylic acids is 1. The Labute approximate surface area is 100 Å². The number of halogens is 3. The summed E-state index contributed by atoms with van der Waals surface area (Å²) in [6, 6.07) is 5.65. The van der Waals surface area contributed by atoms with Crippen molar-refractivity contribution in [2.24, 2.45) is 0 Å². The average Bonchev–Trinajstić information content (AvgIpc) is 2.54. The van der Waals surface area contributed by atoms with Gasteiger partial charge in [-0.05, 0) is 18.2 Å². The molecule has 3 nitrogen and oxygen atoms in total. The lowest BCUT2D eigenvalue weighted by Gasteiger charge is -2.02. The average molecular weight is 259 g/mol. The van der Waals surface area contributed by atoms with E-state index >= 15 is 0 Å². The number of aromatic nitrogens is 2. The van der Waals surface area contributed by atoms with E-state index in [1.165, 1.54) is 22.9 Å². The van der Waals surface area contributed by atoms with Crippen LogP contribution in [0.2, 0.25) is 10.3 Å². The Morgan fingerprint density at radius 1 is 1.38 bits per heavy atom. The molecule has 0 aliphatic carbocycles. The standard InChI is InChI=1S/C10H5Cl2FN2O/c11-9-8(5-16)10(12)15(14-9)7-3-1-2-6(13)4-7/h1-5H. The molecule has 1 heterocycles. The van der Waals surface area contributed by atoms with Gasteiger partial charge in [0.25, 0.3) is 0 Å². The summed E-state index contributed by atoms with van der Waals surface area (Å²) in [4.78, 5) is 10.7. The Morgan fingerprint density at radius 2 is 2.12 bits per heavy atom. The highest BCUT2D eigenvalue weighted by Gasteiger charge is 2.15. The Bertz CT molecular complexity index is 554. The highest BCUT2D eigenvalue weighted by Crippen LogP contribution is 2.25. The Hall–Kier alpha value is -1.39. The van der Waals surface area contributed by atoms with Gasteiger partial charge in [-0.2, -0.15) is 5.10 Å². The Balaban J connectivity index is 2.61. The highest BCUT2D eigenvalue weighted by molar-refractivity contribution is 6.37. The number of hydrogen-bond donors (Lipinski definition) is 0. The third-order valence-corrected chi connectivity index (χ3v) is 2.63. The first kappa shape index (κ1) is 11.1. The summed E-state index contributed by atoms with van der Waals surface area (Å²) < 4.78 is 14.2. The first-order valence-electron chi connectivity index (χ1n) is 4.28. The van der Waals surface area contributed by atoms with Gasteiger partial charge in [0.15, 0.2) is 11.4 Å². The van der Waals surface area contributed by atoms with E-state index in [0.717, 1.165) is 0 Å². The molecule has 82 valence electrons. The molecule has 0 spiro atoms. The predicted octanol–water partition coefficient (Wildman–Crippen LogP) is 3.13. The maximum Gasteiger partial charge on any atom is 0.163 e. The van der Waals surface area contributed by atoms with Crippen LogP contribution < -0.4 is 0 Å². The van der Waals surface area contributed by atoms with Gasteiger partial charge in [0.2, 0.25) is 0 Å². The normalized spacial score (nSPS) is 10.4. The van der Waals surface area contributed by atoms with Crippen LogP contribution >= 0.6 is 23.2 Å². The summed E-state index contributed by atoms with van der Waals surface area (Å²) in [5.74, 6) is -0.423. The molecular formula is C10H5Cl2FN2O. The molecule has 16 heavy (non-hydrogen) atoms. The predicted molar refractivity (Wildman–Crippen MR) is 58.9 cm³/mol. The summed E-state index contributed by atoms with van der Waals surface area (Å²) >= 11 is 11.6. The lowest BCUT2D eigenvalue weighted by Crippen LogP contribution is -1.96. The number of hydrogen-bond acceptors (Lipinski definition) is 2. The van der Waals surface area contributed by atoms with Gasteiger partial charge < -0.3 is 0 Å². The van der Waals surface area contributed by atoms with E-state index in [0.29, 0.717) is 12.0 Å². The molecule has 0 unspecified atom stereocenters. The monoisotopic (exact) mass is 258 g/mol. The van der Waals surface area contributed by atoms with Crippen molar-refractivity contribution in [1.82, 2.24) is 9.78 Å². The number of carbonyl (C=O) groups is 1. The molecule has 0 saturated carbocycles. The van der Waals surface area contributed by atoms with Gasteiger partial charge >= 0.3 is 0 Å². The minimum absolute atomic E-state index is 0.00994. The number of nitrogens with zero attached hydrogens (tertiary/aromatic N) is 2. The molecule has 0 aliphatic rings. The van der Waals surface area contributed by atoms with Gasteiger partial charge in [0.1, 0.15) is 11.0 Å². The zero-order valence-corrected chi connectivity index (χ0v) is 9.34. The van der Waals surface area contributed by atoms with Gasteiger partial charge in [0, 0.05) is 0 Å². The zero-order valence-electron chi connectivity index (χ0n) is 7.82. The van der Waals surface area contributed by atoms with Crippen LogP contribution in [0.1, 0.15) is 10.4 Å². The summed E-state index contributed by atoms with van der Waals surface area (Å²) in [6.07, 6.45) is 0.507. The smallest absolute Gasteiger partial charge is 0.163 e. The minimum atomic E-state index is -0.423. The molecule has 2 aromatic rings. The molecule has 1 aromatic heterocycles. The summed E-state index contributed by atoms with van der Waals surface area (Å²) in [7, 11) is 0. The molecule has 0 N–H and O–H groups in total. The van der Waals surface area contributed by atoms with Crippen LogP contribution in [0.4, 0.5) is 4.39 Å². The van der Waals surface area contributed by atoms with Crippen molar-refractivity contribution < 1.29 is 9.18 Å². The highest BCUT2D eigenvalue weighted by atomic mass is 35.5. The molecule has 0 radical (unpaired) electrons. The van der Waals surface area contributed by atoms with Gasteiger partial charge in [-0.25, -0.2) is 9.07 Å². The van der Waals surface area contributed by atoms with Crippen LogP contribution in [-0.4, -0.2) is 16.1 Å². The van der Waals surface area contributed by atoms with E-state index in [4.69, 9.17) is 23.2 Å².